The van der Waals surface area contributed by atoms with Crippen molar-refractivity contribution in [3.8, 4) is 11.8 Å². The SMILES string of the molecule is COc1cccc(CN2c3ccccc3C3=C(C(c4ccc(F)cc4)C(C#N)=C(N)O3)S2(=O)=O)c1. The molecule has 1 atom stereocenters. The van der Waals surface area contributed by atoms with Crippen LogP contribution in [0.5, 0.6) is 5.75 Å². The summed E-state index contributed by atoms with van der Waals surface area (Å²) in [7, 11) is -2.68. The molecule has 9 heteroatoms. The Kier molecular flexibility index (Phi) is 5.46. The number of sulfonamides is 1. The number of hydrogen-bond donors (Lipinski definition) is 1. The van der Waals surface area contributed by atoms with E-state index in [4.69, 9.17) is 15.2 Å². The quantitative estimate of drug-likeness (QED) is 0.584. The molecule has 3 aromatic rings. The molecule has 2 N–H and O–H groups in total. The lowest BCUT2D eigenvalue weighted by atomic mass is 9.88. The van der Waals surface area contributed by atoms with Crippen LogP contribution >= 0.6 is 0 Å². The van der Waals surface area contributed by atoms with Crippen LogP contribution < -0.4 is 14.8 Å². The van der Waals surface area contributed by atoms with Crippen molar-refractivity contribution in [3.05, 3.63) is 112 Å². The maximum absolute atomic E-state index is 14.2. The van der Waals surface area contributed by atoms with Crippen molar-refractivity contribution in [2.45, 2.75) is 12.5 Å². The number of anilines is 1. The van der Waals surface area contributed by atoms with Crippen LogP contribution in [0.4, 0.5) is 10.1 Å². The van der Waals surface area contributed by atoms with Crippen LogP contribution in [0.1, 0.15) is 22.6 Å². The minimum atomic E-state index is -4.22. The second-order valence-corrected chi connectivity index (χ2v) is 9.88. The van der Waals surface area contributed by atoms with E-state index in [1.54, 1.807) is 48.5 Å². The zero-order chi connectivity index (χ0) is 24.7. The maximum Gasteiger partial charge on any atom is 0.265 e. The van der Waals surface area contributed by atoms with Crippen molar-refractivity contribution >= 4 is 21.5 Å². The Bertz CT molecular complexity index is 1540. The summed E-state index contributed by atoms with van der Waals surface area (Å²) >= 11 is 0. The van der Waals surface area contributed by atoms with E-state index in [1.807, 2.05) is 6.07 Å². The molecule has 0 bridgehead atoms. The third-order valence-corrected chi connectivity index (χ3v) is 7.90. The standard InChI is InChI=1S/C26H20FN3O4S/c1-33-19-6-4-5-16(13-19)15-30-22-8-3-2-7-20(22)24-25(35(30,31)32)23(21(14-28)26(29)34-24)17-9-11-18(27)12-10-17/h2-13,23H,15,29H2,1H3. The first kappa shape index (κ1) is 22.5. The molecule has 1 unspecified atom stereocenters. The normalized spacial score (nSPS) is 18.3. The van der Waals surface area contributed by atoms with E-state index in [9.17, 15) is 18.1 Å². The van der Waals surface area contributed by atoms with Gasteiger partial charge in [0.25, 0.3) is 10.0 Å². The molecule has 7 nitrogen and oxygen atoms in total. The van der Waals surface area contributed by atoms with E-state index in [-0.39, 0.29) is 28.7 Å². The Labute approximate surface area is 202 Å². The molecule has 3 aromatic carbocycles. The first-order valence-corrected chi connectivity index (χ1v) is 12.1. The van der Waals surface area contributed by atoms with Crippen molar-refractivity contribution in [3.63, 3.8) is 0 Å². The van der Waals surface area contributed by atoms with Crippen molar-refractivity contribution in [2.75, 3.05) is 11.4 Å². The molecule has 0 aliphatic carbocycles. The summed E-state index contributed by atoms with van der Waals surface area (Å²) in [5, 5.41) is 9.88. The van der Waals surface area contributed by atoms with Crippen molar-refractivity contribution in [1.82, 2.24) is 0 Å². The predicted molar refractivity (Wildman–Crippen MR) is 129 cm³/mol. The van der Waals surface area contributed by atoms with Crippen molar-refractivity contribution in [2.24, 2.45) is 5.73 Å². The Morgan fingerprint density at radius 2 is 1.86 bits per heavy atom. The summed E-state index contributed by atoms with van der Waals surface area (Å²) < 4.78 is 54.4. The smallest absolute Gasteiger partial charge is 0.265 e. The molecule has 2 aliphatic heterocycles. The fourth-order valence-corrected chi connectivity index (χ4v) is 6.32. The topological polar surface area (TPSA) is 106 Å². The lowest BCUT2D eigenvalue weighted by molar-refractivity contribution is 0.357. The first-order valence-electron chi connectivity index (χ1n) is 10.7. The number of nitriles is 1. The van der Waals surface area contributed by atoms with Crippen LogP contribution in [0.25, 0.3) is 5.76 Å². The van der Waals surface area contributed by atoms with Gasteiger partial charge in [-0.1, -0.05) is 36.4 Å². The monoisotopic (exact) mass is 489 g/mol. The summed E-state index contributed by atoms with van der Waals surface area (Å²) in [6.07, 6.45) is 0. The van der Waals surface area contributed by atoms with Gasteiger partial charge in [0.1, 0.15) is 28.1 Å². The highest BCUT2D eigenvalue weighted by Crippen LogP contribution is 2.51. The molecule has 2 aliphatic rings. The molecular weight excluding hydrogens is 469 g/mol. The Hall–Kier alpha value is -4.29. The number of halogens is 1. The lowest BCUT2D eigenvalue weighted by Gasteiger charge is -2.38. The second kappa shape index (κ2) is 8.49. The van der Waals surface area contributed by atoms with Gasteiger partial charge in [-0.15, -0.1) is 0 Å². The van der Waals surface area contributed by atoms with Crippen LogP contribution in [0.3, 0.4) is 0 Å². The third kappa shape index (κ3) is 3.68. The minimum Gasteiger partial charge on any atom is -0.497 e. The molecule has 0 radical (unpaired) electrons. The highest BCUT2D eigenvalue weighted by Gasteiger charge is 2.47. The molecule has 0 saturated heterocycles. The van der Waals surface area contributed by atoms with E-state index >= 15 is 0 Å². The molecule has 0 fully saturated rings. The number of para-hydroxylation sites is 1. The summed E-state index contributed by atoms with van der Waals surface area (Å²) in [4.78, 5) is -0.114. The summed E-state index contributed by atoms with van der Waals surface area (Å²) in [5.74, 6) is -1.07. The van der Waals surface area contributed by atoms with E-state index in [0.717, 1.165) is 0 Å². The van der Waals surface area contributed by atoms with Gasteiger partial charge in [-0.25, -0.2) is 12.8 Å². The van der Waals surface area contributed by atoms with Crippen molar-refractivity contribution < 1.29 is 22.3 Å². The van der Waals surface area contributed by atoms with Crippen LogP contribution in [0, 0.1) is 17.1 Å². The Morgan fingerprint density at radius 1 is 1.11 bits per heavy atom. The number of ether oxygens (including phenoxy) is 2. The number of methoxy groups -OCH3 is 1. The highest BCUT2D eigenvalue weighted by atomic mass is 32.2. The second-order valence-electron chi connectivity index (χ2n) is 8.05. The zero-order valence-corrected chi connectivity index (χ0v) is 19.4. The van der Waals surface area contributed by atoms with Gasteiger partial charge in [-0.3, -0.25) is 4.31 Å². The van der Waals surface area contributed by atoms with Gasteiger partial charge in [-0.05, 0) is 47.5 Å². The fraction of sp³-hybridized carbons (Fsp3) is 0.115. The molecule has 2 heterocycles. The van der Waals surface area contributed by atoms with E-state index in [1.165, 1.54) is 35.7 Å². The molecule has 0 saturated carbocycles. The van der Waals surface area contributed by atoms with Crippen LogP contribution in [-0.2, 0) is 21.3 Å². The number of allylic oxidation sites excluding steroid dienone is 2. The summed E-state index contributed by atoms with van der Waals surface area (Å²) in [6, 6.07) is 21.4. The van der Waals surface area contributed by atoms with Crippen molar-refractivity contribution in [1.29, 1.82) is 5.26 Å². The maximum atomic E-state index is 14.2. The number of benzene rings is 3. The molecule has 0 aromatic heterocycles. The Morgan fingerprint density at radius 3 is 2.57 bits per heavy atom. The van der Waals surface area contributed by atoms with Gasteiger partial charge < -0.3 is 15.2 Å². The number of nitrogens with two attached hydrogens (primary N) is 1. The third-order valence-electron chi connectivity index (χ3n) is 6.02. The lowest BCUT2D eigenvalue weighted by Crippen LogP contribution is -2.39. The van der Waals surface area contributed by atoms with E-state index < -0.39 is 21.8 Å². The van der Waals surface area contributed by atoms with E-state index in [0.29, 0.717) is 28.1 Å². The highest BCUT2D eigenvalue weighted by molar-refractivity contribution is 7.96. The van der Waals surface area contributed by atoms with Gasteiger partial charge in [-0.2, -0.15) is 5.26 Å². The number of fused-ring (bicyclic) bond motifs is 2. The van der Waals surface area contributed by atoms with Crippen LogP contribution in [0.15, 0.2) is 89.2 Å². The van der Waals surface area contributed by atoms with E-state index in [2.05, 4.69) is 0 Å². The van der Waals surface area contributed by atoms with Gasteiger partial charge in [0, 0.05) is 5.56 Å². The van der Waals surface area contributed by atoms with Crippen LogP contribution in [-0.4, -0.2) is 15.5 Å². The predicted octanol–water partition coefficient (Wildman–Crippen LogP) is 4.36. The summed E-state index contributed by atoms with van der Waals surface area (Å²) in [6.45, 7) is 0.0184. The first-order chi connectivity index (χ1) is 16.8. The number of rotatable bonds is 4. The molecule has 5 rings (SSSR count). The van der Waals surface area contributed by atoms with Gasteiger partial charge in [0.15, 0.2) is 5.76 Å². The van der Waals surface area contributed by atoms with Gasteiger partial charge in [0.05, 0.1) is 25.3 Å². The number of nitrogens with zero attached hydrogens (tertiary/aromatic N) is 2. The molecule has 0 amide bonds. The van der Waals surface area contributed by atoms with Crippen LogP contribution in [0.2, 0.25) is 0 Å². The largest absolute Gasteiger partial charge is 0.497 e. The molecule has 35 heavy (non-hydrogen) atoms. The Balaban J connectivity index is 1.74. The average Bonchev–Trinajstić information content (AvgIpc) is 2.86. The average molecular weight is 490 g/mol. The summed E-state index contributed by atoms with van der Waals surface area (Å²) in [5.41, 5.74) is 8.09. The van der Waals surface area contributed by atoms with Gasteiger partial charge >= 0.3 is 0 Å². The molecule has 176 valence electrons. The minimum absolute atomic E-state index is 0.0184. The zero-order valence-electron chi connectivity index (χ0n) is 18.6. The molecule has 0 spiro atoms. The fourth-order valence-electron chi connectivity index (χ4n) is 4.40. The number of hydrogen-bond acceptors (Lipinski definition) is 6. The van der Waals surface area contributed by atoms with Gasteiger partial charge in [0.2, 0.25) is 5.88 Å². The molecular formula is C26H20FN3O4S.